The third-order valence-corrected chi connectivity index (χ3v) is 10.4. The molecule has 0 atom stereocenters. The number of nitrogens with one attached hydrogen (secondary N) is 2. The summed E-state index contributed by atoms with van der Waals surface area (Å²) in [5.41, 5.74) is 4.43. The van der Waals surface area contributed by atoms with Crippen LogP contribution in [0.25, 0.3) is 21.1 Å². The highest BCUT2D eigenvalue weighted by atomic mass is 32.1. The molecular formula is C32H36F3N7S. The molecule has 0 bridgehead atoms. The summed E-state index contributed by atoms with van der Waals surface area (Å²) in [4.78, 5) is 11.8. The summed E-state index contributed by atoms with van der Waals surface area (Å²) in [5, 5.41) is 19.0. The van der Waals surface area contributed by atoms with Gasteiger partial charge in [-0.1, -0.05) is 6.07 Å². The fourth-order valence-electron chi connectivity index (χ4n) is 6.82. The first-order valence-electron chi connectivity index (χ1n) is 15.3. The number of hydrogen-bond donors (Lipinski definition) is 2. The Balaban J connectivity index is 0.976. The van der Waals surface area contributed by atoms with E-state index in [0.29, 0.717) is 28.0 Å². The first-order chi connectivity index (χ1) is 20.7. The van der Waals surface area contributed by atoms with Crippen LogP contribution in [0.2, 0.25) is 0 Å². The summed E-state index contributed by atoms with van der Waals surface area (Å²) >= 11 is 1.08. The van der Waals surface area contributed by atoms with E-state index >= 15 is 0 Å². The van der Waals surface area contributed by atoms with Gasteiger partial charge in [0, 0.05) is 60.1 Å². The molecule has 226 valence electrons. The molecule has 3 fully saturated rings. The first-order valence-corrected chi connectivity index (χ1v) is 16.1. The van der Waals surface area contributed by atoms with Gasteiger partial charge in [-0.25, -0.2) is 9.97 Å². The van der Waals surface area contributed by atoms with Crippen LogP contribution in [0.1, 0.15) is 60.2 Å². The molecule has 0 unspecified atom stereocenters. The molecule has 0 amide bonds. The van der Waals surface area contributed by atoms with Crippen LogP contribution in [0.3, 0.4) is 0 Å². The van der Waals surface area contributed by atoms with Gasteiger partial charge in [-0.15, -0.1) is 11.3 Å². The van der Waals surface area contributed by atoms with Gasteiger partial charge in [-0.2, -0.15) is 18.4 Å². The molecule has 0 spiro atoms. The third-order valence-electron chi connectivity index (χ3n) is 9.38. The Morgan fingerprint density at radius 1 is 1.02 bits per heavy atom. The second-order valence-electron chi connectivity index (χ2n) is 12.7. The van der Waals surface area contributed by atoms with Crippen molar-refractivity contribution in [3.05, 3.63) is 52.3 Å². The number of anilines is 1. The number of benzene rings is 1. The van der Waals surface area contributed by atoms with E-state index in [1.54, 1.807) is 6.07 Å². The zero-order chi connectivity index (χ0) is 29.7. The van der Waals surface area contributed by atoms with Gasteiger partial charge in [-0.05, 0) is 80.7 Å². The number of nitriles is 1. The van der Waals surface area contributed by atoms with Crippen LogP contribution in [0.4, 0.5) is 19.0 Å². The number of piperidine rings is 1. The Hall–Kier alpha value is -3.20. The highest BCUT2D eigenvalue weighted by molar-refractivity contribution is 7.18. The second kappa shape index (κ2) is 11.4. The molecule has 4 aromatic rings. The molecule has 1 aromatic carbocycles. The smallest absolute Gasteiger partial charge is 0.367 e. The predicted molar refractivity (Wildman–Crippen MR) is 163 cm³/mol. The van der Waals surface area contributed by atoms with E-state index in [0.717, 1.165) is 67.6 Å². The maximum absolute atomic E-state index is 12.9. The topological polar surface area (TPSA) is 81.8 Å². The Labute approximate surface area is 253 Å². The molecule has 3 aromatic heterocycles. The Bertz CT molecular complexity index is 1670. The van der Waals surface area contributed by atoms with E-state index in [4.69, 9.17) is 0 Å². The van der Waals surface area contributed by atoms with Crippen LogP contribution in [-0.4, -0.2) is 56.8 Å². The van der Waals surface area contributed by atoms with Crippen LogP contribution in [0, 0.1) is 24.2 Å². The van der Waals surface area contributed by atoms with Crippen molar-refractivity contribution in [3.63, 3.8) is 0 Å². The predicted octanol–water partition coefficient (Wildman–Crippen LogP) is 6.54. The molecule has 2 aliphatic carbocycles. The van der Waals surface area contributed by atoms with Crippen molar-refractivity contribution < 1.29 is 13.2 Å². The number of aromatic nitrogens is 3. The number of rotatable bonds is 9. The van der Waals surface area contributed by atoms with E-state index < -0.39 is 12.6 Å². The van der Waals surface area contributed by atoms with Crippen molar-refractivity contribution in [2.45, 2.75) is 89.3 Å². The Morgan fingerprint density at radius 3 is 2.53 bits per heavy atom. The zero-order valence-corrected chi connectivity index (χ0v) is 25.1. The van der Waals surface area contributed by atoms with Crippen LogP contribution in [0.5, 0.6) is 0 Å². The van der Waals surface area contributed by atoms with Crippen molar-refractivity contribution in [1.82, 2.24) is 24.8 Å². The highest BCUT2D eigenvalue weighted by Crippen LogP contribution is 2.36. The second-order valence-corrected chi connectivity index (χ2v) is 13.8. The van der Waals surface area contributed by atoms with E-state index in [1.807, 2.05) is 0 Å². The van der Waals surface area contributed by atoms with Gasteiger partial charge < -0.3 is 15.2 Å². The number of likely N-dealkylation sites (tertiary alicyclic amines) is 1. The third kappa shape index (κ3) is 6.24. The maximum Gasteiger partial charge on any atom is 0.393 e. The molecule has 2 N–H and O–H groups in total. The Morgan fingerprint density at radius 2 is 1.81 bits per heavy atom. The molecule has 11 heteroatoms. The first kappa shape index (κ1) is 28.6. The molecule has 1 aliphatic heterocycles. The standard InChI is InChI=1S/C32H36F3N7S/c1-19-21(2-5-29-27(19)12-25(15-36)42(29)16-20-10-24(11-20)39-22-3-4-22)17-41-8-6-23(7-9-41)40-30-28-13-26(14-32(33,34)35)43-31(28)38-18-37-30/h2,5,12-13,18,20,22-24,39H,3-4,6-11,14,16-17H2,1H3,(H,37,38,40). The number of alkyl halides is 3. The number of nitrogens with zero attached hydrogens (tertiary/aromatic N) is 5. The minimum atomic E-state index is -4.24. The molecule has 43 heavy (non-hydrogen) atoms. The normalized spacial score (nSPS) is 21.7. The largest absolute Gasteiger partial charge is 0.393 e. The zero-order valence-electron chi connectivity index (χ0n) is 24.3. The van der Waals surface area contributed by atoms with Gasteiger partial charge in [0.15, 0.2) is 0 Å². The molecule has 3 aliphatic rings. The number of hydrogen-bond acceptors (Lipinski definition) is 7. The van der Waals surface area contributed by atoms with Crippen LogP contribution < -0.4 is 10.6 Å². The molecule has 1 saturated heterocycles. The minimum Gasteiger partial charge on any atom is -0.367 e. The SMILES string of the molecule is Cc1c(CN2CCC(Nc3ncnc4sc(CC(F)(F)F)cc34)CC2)ccc2c1cc(C#N)n2CC1CC(NC2CC2)C1. The lowest BCUT2D eigenvalue weighted by atomic mass is 9.80. The number of halogens is 3. The molecular weight excluding hydrogens is 571 g/mol. The highest BCUT2D eigenvalue weighted by Gasteiger charge is 2.34. The van der Waals surface area contributed by atoms with Gasteiger partial charge in [0.2, 0.25) is 0 Å². The number of fused-ring (bicyclic) bond motifs is 2. The van der Waals surface area contributed by atoms with Crippen molar-refractivity contribution in [3.8, 4) is 6.07 Å². The lowest BCUT2D eigenvalue weighted by Crippen LogP contribution is -2.43. The molecule has 0 radical (unpaired) electrons. The molecule has 4 heterocycles. The van der Waals surface area contributed by atoms with Crippen molar-refractivity contribution >= 4 is 38.3 Å². The van der Waals surface area contributed by atoms with Crippen LogP contribution in [0.15, 0.2) is 30.6 Å². The van der Waals surface area contributed by atoms with E-state index in [2.05, 4.69) is 61.3 Å². The summed E-state index contributed by atoms with van der Waals surface area (Å²) in [6.07, 6.45) is 3.08. The van der Waals surface area contributed by atoms with Crippen molar-refractivity contribution in [2.75, 3.05) is 18.4 Å². The fraction of sp³-hybridized carbons (Fsp3) is 0.531. The monoisotopic (exact) mass is 607 g/mol. The average Bonchev–Trinajstić information content (AvgIpc) is 3.56. The molecule has 7 nitrogen and oxygen atoms in total. The molecule has 2 saturated carbocycles. The fourth-order valence-corrected chi connectivity index (χ4v) is 7.85. The van der Waals surface area contributed by atoms with Crippen LogP contribution in [-0.2, 0) is 19.5 Å². The summed E-state index contributed by atoms with van der Waals surface area (Å²) < 4.78 is 41.0. The van der Waals surface area contributed by atoms with Crippen LogP contribution >= 0.6 is 11.3 Å². The number of aryl methyl sites for hydroxylation is 1. The van der Waals surface area contributed by atoms with E-state index in [1.165, 1.54) is 48.5 Å². The summed E-state index contributed by atoms with van der Waals surface area (Å²) in [7, 11) is 0. The van der Waals surface area contributed by atoms with Gasteiger partial charge in [0.1, 0.15) is 28.7 Å². The summed E-state index contributed by atoms with van der Waals surface area (Å²) in [6, 6.07) is 12.1. The van der Waals surface area contributed by atoms with Gasteiger partial charge in [-0.3, -0.25) is 4.90 Å². The number of thiophene rings is 1. The molecule has 7 rings (SSSR count). The van der Waals surface area contributed by atoms with Crippen molar-refractivity contribution in [1.29, 1.82) is 5.26 Å². The van der Waals surface area contributed by atoms with Gasteiger partial charge in [0.05, 0.1) is 11.8 Å². The van der Waals surface area contributed by atoms with Crippen molar-refractivity contribution in [2.24, 2.45) is 5.92 Å². The summed E-state index contributed by atoms with van der Waals surface area (Å²) in [5.74, 6) is 1.23. The summed E-state index contributed by atoms with van der Waals surface area (Å²) in [6.45, 7) is 5.75. The lowest BCUT2D eigenvalue weighted by Gasteiger charge is -2.36. The maximum atomic E-state index is 12.9. The quantitative estimate of drug-likeness (QED) is 0.225. The van der Waals surface area contributed by atoms with E-state index in [-0.39, 0.29) is 10.9 Å². The average molecular weight is 608 g/mol. The minimum absolute atomic E-state index is 0.196. The van der Waals surface area contributed by atoms with Gasteiger partial charge >= 0.3 is 6.18 Å². The lowest BCUT2D eigenvalue weighted by molar-refractivity contribution is -0.126. The van der Waals surface area contributed by atoms with E-state index in [9.17, 15) is 18.4 Å². The van der Waals surface area contributed by atoms with Gasteiger partial charge in [0.25, 0.3) is 0 Å². The Kier molecular flexibility index (Phi) is 7.56.